The summed E-state index contributed by atoms with van der Waals surface area (Å²) in [5, 5.41) is 57.3. The first-order chi connectivity index (χ1) is 35.9. The van der Waals surface area contributed by atoms with Crippen molar-refractivity contribution in [1.29, 1.82) is 0 Å². The molecule has 0 fully saturated rings. The number of benzene rings is 8. The van der Waals surface area contributed by atoms with Crippen molar-refractivity contribution in [2.24, 2.45) is 0 Å². The second kappa shape index (κ2) is 21.5. The van der Waals surface area contributed by atoms with Crippen molar-refractivity contribution in [3.05, 3.63) is 214 Å². The zero-order chi connectivity index (χ0) is 53.5. The molecule has 8 aromatic rings. The van der Waals surface area contributed by atoms with Crippen molar-refractivity contribution >= 4 is 47.8 Å². The maximum Gasteiger partial charge on any atom is 0.346 e. The lowest BCUT2D eigenvalue weighted by molar-refractivity contribution is 0.0385. The molecule has 0 aliphatic carbocycles. The Balaban J connectivity index is 0.876. The van der Waals surface area contributed by atoms with E-state index >= 15 is 0 Å². The van der Waals surface area contributed by atoms with Gasteiger partial charge < -0.3 is 54.3 Å². The number of hydrogen-bond acceptors (Lipinski definition) is 13. The summed E-state index contributed by atoms with van der Waals surface area (Å²) >= 11 is 0. The maximum atomic E-state index is 13.2. The first kappa shape index (κ1) is 50.3. The molecule has 0 spiro atoms. The van der Waals surface area contributed by atoms with E-state index in [0.717, 1.165) is 70.8 Å². The van der Waals surface area contributed by atoms with Crippen LogP contribution in [0.15, 0.2) is 170 Å². The minimum Gasteiger partial charge on any atom is -0.478 e. The van der Waals surface area contributed by atoms with Gasteiger partial charge in [0.15, 0.2) is 0 Å². The summed E-state index contributed by atoms with van der Waals surface area (Å²) in [4.78, 5) is 96.9. The second-order valence-electron chi connectivity index (χ2n) is 15.8. The first-order valence-electron chi connectivity index (χ1n) is 21.8. The molecule has 0 heterocycles. The minimum atomic E-state index is -1.56. The highest BCUT2D eigenvalue weighted by molar-refractivity contribution is 6.11. The van der Waals surface area contributed by atoms with Gasteiger partial charge in [-0.1, -0.05) is 48.5 Å². The summed E-state index contributed by atoms with van der Waals surface area (Å²) in [6, 6.07) is 40.7. The van der Waals surface area contributed by atoms with Crippen LogP contribution >= 0.6 is 0 Å². The van der Waals surface area contributed by atoms with E-state index in [2.05, 4.69) is 0 Å². The van der Waals surface area contributed by atoms with Crippen LogP contribution in [0.3, 0.4) is 0 Å². The van der Waals surface area contributed by atoms with E-state index in [0.29, 0.717) is 11.5 Å². The van der Waals surface area contributed by atoms with Gasteiger partial charge in [-0.2, -0.15) is 0 Å². The molecule has 75 heavy (non-hydrogen) atoms. The topological polar surface area (TPSA) is 304 Å². The lowest BCUT2D eigenvalue weighted by Gasteiger charge is -2.12. The molecule has 0 aromatic heterocycles. The number of carboxylic acid groups (broad SMARTS) is 6. The highest BCUT2D eigenvalue weighted by Gasteiger charge is 2.26. The van der Waals surface area contributed by atoms with Crippen LogP contribution < -0.4 is 18.9 Å². The molecule has 0 saturated heterocycles. The Morgan fingerprint density at radius 3 is 0.627 bits per heavy atom. The standard InChI is InChI=1S/C56H34O19/c57-49(58)41-21-17-37(25-45(41)51(61)62)71-33-9-1-29(2-10-33)31-5-13-35(14-6-31)73-39-19-23-43(47(27-39)53(65)66)55(69)75-56(70)44-24-20-40(28-48(44)54(67)68)74-36-15-7-32(8-16-36)30-3-11-34(12-4-30)72-38-18-22-42(50(59)60)46(26-38)52(63)64/h1-28H,(H,57,58)(H,59,60)(H,61,62)(H,63,64)(H,65,66)(H,67,68). The number of aromatic carboxylic acids is 6. The molecule has 19 heteroatoms. The SMILES string of the molecule is O=C(O)c1ccc(Oc2ccc(-c3ccc(Oc4ccc(C(=O)OC(=O)c5ccc(Oc6ccc(-c7ccc(Oc8ccc(C(=O)O)c(C(=O)O)c8)cc7)cc6)cc5C(=O)O)c(C(=O)O)c4)cc3)cc2)cc1C(=O)O. The van der Waals surface area contributed by atoms with E-state index in [9.17, 15) is 69.0 Å². The van der Waals surface area contributed by atoms with Crippen LogP contribution in [0, 0.1) is 0 Å². The van der Waals surface area contributed by atoms with Gasteiger partial charge in [0.1, 0.15) is 46.0 Å². The predicted molar refractivity (Wildman–Crippen MR) is 261 cm³/mol. The van der Waals surface area contributed by atoms with Crippen molar-refractivity contribution in [2.75, 3.05) is 0 Å². The Labute approximate surface area is 421 Å². The predicted octanol–water partition coefficient (Wildman–Crippen LogP) is 11.4. The Morgan fingerprint density at radius 2 is 0.413 bits per heavy atom. The van der Waals surface area contributed by atoms with Crippen molar-refractivity contribution in [3.8, 4) is 68.2 Å². The Kier molecular flexibility index (Phi) is 14.4. The molecule has 0 amide bonds. The third-order valence-corrected chi connectivity index (χ3v) is 11.0. The Hall–Kier alpha value is -11.1. The second-order valence-corrected chi connectivity index (χ2v) is 15.8. The number of ether oxygens (including phenoxy) is 5. The molecule has 8 aromatic carbocycles. The van der Waals surface area contributed by atoms with Gasteiger partial charge in [0.05, 0.1) is 44.5 Å². The van der Waals surface area contributed by atoms with Crippen LogP contribution in [-0.4, -0.2) is 78.4 Å². The average Bonchev–Trinajstić information content (AvgIpc) is 3.39. The third-order valence-electron chi connectivity index (χ3n) is 11.0. The summed E-state index contributed by atoms with van der Waals surface area (Å²) in [7, 11) is 0. The third kappa shape index (κ3) is 11.8. The van der Waals surface area contributed by atoms with E-state index < -0.39 is 81.1 Å². The van der Waals surface area contributed by atoms with Crippen LogP contribution in [0.1, 0.15) is 82.9 Å². The molecule has 0 aliphatic heterocycles. The lowest BCUT2D eigenvalue weighted by Crippen LogP contribution is -2.18. The van der Waals surface area contributed by atoms with Gasteiger partial charge in [0.25, 0.3) is 0 Å². The quantitative estimate of drug-likeness (QED) is 0.0344. The number of esters is 2. The summed E-state index contributed by atoms with van der Waals surface area (Å²) in [6.45, 7) is 0. The van der Waals surface area contributed by atoms with Crippen LogP contribution in [0.5, 0.6) is 46.0 Å². The van der Waals surface area contributed by atoms with Gasteiger partial charge in [-0.25, -0.2) is 38.4 Å². The number of rotatable bonds is 18. The van der Waals surface area contributed by atoms with E-state index in [-0.39, 0.29) is 45.6 Å². The molecular formula is C56H34O19. The summed E-state index contributed by atoms with van der Waals surface area (Å²) in [5.74, 6) is -9.99. The number of hydrogen-bond donors (Lipinski definition) is 6. The van der Waals surface area contributed by atoms with Gasteiger partial charge >= 0.3 is 47.8 Å². The largest absolute Gasteiger partial charge is 0.478 e. The molecule has 0 atom stereocenters. The van der Waals surface area contributed by atoms with E-state index in [1.54, 1.807) is 97.1 Å². The minimum absolute atomic E-state index is 0.00934. The molecule has 0 unspecified atom stereocenters. The molecule has 0 radical (unpaired) electrons. The van der Waals surface area contributed by atoms with Crippen LogP contribution in [-0.2, 0) is 4.74 Å². The zero-order valence-electron chi connectivity index (χ0n) is 38.2. The van der Waals surface area contributed by atoms with Crippen molar-refractivity contribution < 1.29 is 92.7 Å². The molecule has 8 rings (SSSR count). The van der Waals surface area contributed by atoms with Crippen molar-refractivity contribution in [2.45, 2.75) is 0 Å². The van der Waals surface area contributed by atoms with Gasteiger partial charge in [-0.3, -0.25) is 0 Å². The van der Waals surface area contributed by atoms with Crippen molar-refractivity contribution in [3.63, 3.8) is 0 Å². The van der Waals surface area contributed by atoms with Crippen LogP contribution in [0.2, 0.25) is 0 Å². The maximum absolute atomic E-state index is 13.2. The Morgan fingerprint density at radius 1 is 0.227 bits per heavy atom. The number of carbonyl (C=O) groups is 8. The van der Waals surface area contributed by atoms with Gasteiger partial charge in [0.2, 0.25) is 0 Å². The molecular weight excluding hydrogens is 977 g/mol. The highest BCUT2D eigenvalue weighted by Crippen LogP contribution is 2.33. The summed E-state index contributed by atoms with van der Waals surface area (Å²) in [6.07, 6.45) is 0. The van der Waals surface area contributed by atoms with Gasteiger partial charge in [0, 0.05) is 0 Å². The molecule has 0 aliphatic rings. The van der Waals surface area contributed by atoms with Gasteiger partial charge in [-0.05, 0) is 144 Å². The van der Waals surface area contributed by atoms with E-state index in [4.69, 9.17) is 23.7 Å². The summed E-state index contributed by atoms with van der Waals surface area (Å²) < 4.78 is 28.1. The molecule has 19 nitrogen and oxygen atoms in total. The molecule has 0 saturated carbocycles. The number of carboxylic acids is 6. The molecule has 0 bridgehead atoms. The van der Waals surface area contributed by atoms with E-state index in [1.807, 2.05) is 0 Å². The molecule has 6 N–H and O–H groups in total. The van der Waals surface area contributed by atoms with Crippen LogP contribution in [0.25, 0.3) is 22.3 Å². The highest BCUT2D eigenvalue weighted by atomic mass is 16.6. The first-order valence-corrected chi connectivity index (χ1v) is 21.8. The zero-order valence-corrected chi connectivity index (χ0v) is 38.2. The lowest BCUT2D eigenvalue weighted by atomic mass is 10.1. The smallest absolute Gasteiger partial charge is 0.346 e. The van der Waals surface area contributed by atoms with E-state index in [1.165, 1.54) is 24.3 Å². The fourth-order valence-corrected chi connectivity index (χ4v) is 7.38. The fourth-order valence-electron chi connectivity index (χ4n) is 7.38. The fraction of sp³-hybridized carbons (Fsp3) is 0. The average molecular weight is 1010 g/mol. The van der Waals surface area contributed by atoms with Gasteiger partial charge in [-0.15, -0.1) is 0 Å². The van der Waals surface area contributed by atoms with Crippen molar-refractivity contribution in [1.82, 2.24) is 0 Å². The normalized spacial score (nSPS) is 10.6. The number of carbonyl (C=O) groups excluding carboxylic acids is 2. The Bertz CT molecular complexity index is 3360. The van der Waals surface area contributed by atoms with Crippen LogP contribution in [0.4, 0.5) is 0 Å². The molecule has 372 valence electrons. The summed E-state index contributed by atoms with van der Waals surface area (Å²) in [5.41, 5.74) is -0.873. The monoisotopic (exact) mass is 1010 g/mol.